The van der Waals surface area contributed by atoms with Gasteiger partial charge in [0, 0.05) is 6.07 Å². The molecule has 3 nitrogen and oxygen atoms in total. The minimum absolute atomic E-state index is 0.156. The molecule has 0 saturated carbocycles. The second-order valence-corrected chi connectivity index (χ2v) is 2.45. The summed E-state index contributed by atoms with van der Waals surface area (Å²) in [5.74, 6) is -4.67. The molecule has 0 aliphatic rings. The van der Waals surface area contributed by atoms with Gasteiger partial charge in [0.2, 0.25) is 11.6 Å². The summed E-state index contributed by atoms with van der Waals surface area (Å²) in [7, 11) is 0. The average Bonchev–Trinajstić information content (AvgIpc) is 1.99. The van der Waals surface area contributed by atoms with E-state index in [1.165, 1.54) is 0 Å². The summed E-state index contributed by atoms with van der Waals surface area (Å²) >= 11 is 4.98. The van der Waals surface area contributed by atoms with Crippen molar-refractivity contribution in [2.45, 2.75) is 0 Å². The molecule has 1 rings (SSSR count). The first-order chi connectivity index (χ1) is 5.95. The summed E-state index contributed by atoms with van der Waals surface area (Å²) in [6.07, 6.45) is 0. The van der Waals surface area contributed by atoms with Crippen LogP contribution in [0.25, 0.3) is 0 Å². The van der Waals surface area contributed by atoms with E-state index in [2.05, 4.69) is 0 Å². The van der Waals surface area contributed by atoms with E-state index in [1.54, 1.807) is 0 Å². The van der Waals surface area contributed by atoms with Crippen molar-refractivity contribution in [2.75, 3.05) is 0 Å². The van der Waals surface area contributed by atoms with Gasteiger partial charge in [0.15, 0.2) is 0 Å². The van der Waals surface area contributed by atoms with Gasteiger partial charge >= 0.3 is 5.69 Å². The summed E-state index contributed by atoms with van der Waals surface area (Å²) in [6.45, 7) is 0. The zero-order valence-electron chi connectivity index (χ0n) is 5.85. The fourth-order valence-corrected chi connectivity index (χ4v) is 0.868. The third-order valence-electron chi connectivity index (χ3n) is 1.27. The van der Waals surface area contributed by atoms with Gasteiger partial charge in [0.1, 0.15) is 10.8 Å². The molecule has 0 saturated heterocycles. The first-order valence-corrected chi connectivity index (χ1v) is 3.30. The maximum atomic E-state index is 12.7. The Morgan fingerprint density at radius 3 is 2.31 bits per heavy atom. The van der Waals surface area contributed by atoms with E-state index in [0.717, 1.165) is 0 Å². The van der Waals surface area contributed by atoms with Crippen molar-refractivity contribution in [3.05, 3.63) is 38.7 Å². The highest BCUT2D eigenvalue weighted by Gasteiger charge is 2.26. The van der Waals surface area contributed by atoms with Crippen molar-refractivity contribution in [3.63, 3.8) is 0 Å². The molecule has 0 amide bonds. The van der Waals surface area contributed by atoms with Gasteiger partial charge in [-0.2, -0.15) is 8.78 Å². The van der Waals surface area contributed by atoms with Crippen molar-refractivity contribution in [1.82, 2.24) is 0 Å². The zero-order chi connectivity index (χ0) is 10.2. The van der Waals surface area contributed by atoms with E-state index >= 15 is 0 Å². The Balaban J connectivity index is 3.53. The van der Waals surface area contributed by atoms with Gasteiger partial charge in [-0.3, -0.25) is 10.1 Å². The summed E-state index contributed by atoms with van der Waals surface area (Å²) in [6, 6.07) is 0.156. The minimum Gasteiger partial charge on any atom is -0.258 e. The van der Waals surface area contributed by atoms with Crippen LogP contribution in [0, 0.1) is 27.6 Å². The third kappa shape index (κ3) is 1.57. The minimum atomic E-state index is -1.70. The number of benzene rings is 1. The number of nitro groups is 1. The molecule has 0 atom stereocenters. The largest absolute Gasteiger partial charge is 0.341 e. The van der Waals surface area contributed by atoms with E-state index in [0.29, 0.717) is 0 Å². The van der Waals surface area contributed by atoms with Crippen LogP contribution in [0.4, 0.5) is 18.9 Å². The molecule has 0 fully saturated rings. The van der Waals surface area contributed by atoms with Crippen LogP contribution < -0.4 is 0 Å². The highest BCUT2D eigenvalue weighted by Crippen LogP contribution is 2.29. The monoisotopic (exact) mass is 211 g/mol. The molecule has 0 radical (unpaired) electrons. The van der Waals surface area contributed by atoms with Crippen molar-refractivity contribution in [3.8, 4) is 0 Å². The lowest BCUT2D eigenvalue weighted by molar-refractivity contribution is -0.390. The molecule has 0 aliphatic carbocycles. The molecule has 0 aromatic heterocycles. The van der Waals surface area contributed by atoms with Gasteiger partial charge in [-0.25, -0.2) is 4.39 Å². The standard InChI is InChI=1S/C6HClF3NO2/c7-4-2(8)1-3(9)6(5(4)10)11(12)13/h1H. The number of rotatable bonds is 1. The van der Waals surface area contributed by atoms with Crippen molar-refractivity contribution in [2.24, 2.45) is 0 Å². The quantitative estimate of drug-likeness (QED) is 0.310. The summed E-state index contributed by atoms with van der Waals surface area (Å²) < 4.78 is 37.7. The van der Waals surface area contributed by atoms with E-state index in [9.17, 15) is 23.3 Å². The van der Waals surface area contributed by atoms with Crippen LogP contribution in [-0.4, -0.2) is 4.92 Å². The molecule has 1 aromatic carbocycles. The summed E-state index contributed by atoms with van der Waals surface area (Å²) in [5, 5.41) is 8.96. The topological polar surface area (TPSA) is 43.1 Å². The second kappa shape index (κ2) is 3.21. The maximum absolute atomic E-state index is 12.7. The number of nitro benzene ring substituents is 1. The first-order valence-electron chi connectivity index (χ1n) is 2.92. The lowest BCUT2D eigenvalue weighted by Crippen LogP contribution is -1.99. The van der Waals surface area contributed by atoms with Gasteiger partial charge in [-0.1, -0.05) is 11.6 Å². The molecule has 13 heavy (non-hydrogen) atoms. The Morgan fingerprint density at radius 2 is 1.85 bits per heavy atom. The smallest absolute Gasteiger partial charge is 0.258 e. The predicted molar refractivity (Wildman–Crippen MR) is 38.0 cm³/mol. The Hall–Kier alpha value is -1.30. The van der Waals surface area contributed by atoms with Gasteiger partial charge in [0.25, 0.3) is 0 Å². The fourth-order valence-electron chi connectivity index (χ4n) is 0.724. The number of hydrogen-bond acceptors (Lipinski definition) is 2. The molecule has 7 heteroatoms. The van der Waals surface area contributed by atoms with Crippen LogP contribution >= 0.6 is 11.6 Å². The molecule has 70 valence electrons. The number of hydrogen-bond donors (Lipinski definition) is 0. The van der Waals surface area contributed by atoms with E-state index < -0.39 is 33.1 Å². The predicted octanol–water partition coefficient (Wildman–Crippen LogP) is 2.67. The molecular formula is C6HClF3NO2. The van der Waals surface area contributed by atoms with Gasteiger partial charge in [-0.15, -0.1) is 0 Å². The fraction of sp³-hybridized carbons (Fsp3) is 0. The molecule has 0 bridgehead atoms. The zero-order valence-corrected chi connectivity index (χ0v) is 6.61. The Kier molecular flexibility index (Phi) is 2.42. The van der Waals surface area contributed by atoms with Crippen LogP contribution in [0.15, 0.2) is 6.07 Å². The Morgan fingerprint density at radius 1 is 1.31 bits per heavy atom. The molecule has 0 heterocycles. The number of nitrogens with zero attached hydrogens (tertiary/aromatic N) is 1. The molecule has 0 spiro atoms. The van der Waals surface area contributed by atoms with Crippen LogP contribution in [-0.2, 0) is 0 Å². The van der Waals surface area contributed by atoms with Crippen molar-refractivity contribution in [1.29, 1.82) is 0 Å². The van der Waals surface area contributed by atoms with Crippen LogP contribution in [0.5, 0.6) is 0 Å². The van der Waals surface area contributed by atoms with Crippen molar-refractivity contribution < 1.29 is 18.1 Å². The highest BCUT2D eigenvalue weighted by atomic mass is 35.5. The second-order valence-electron chi connectivity index (χ2n) is 2.07. The first kappa shape index (κ1) is 9.79. The van der Waals surface area contributed by atoms with E-state index in [-0.39, 0.29) is 6.07 Å². The molecule has 0 N–H and O–H groups in total. The van der Waals surface area contributed by atoms with E-state index in [1.807, 2.05) is 0 Å². The third-order valence-corrected chi connectivity index (χ3v) is 1.62. The van der Waals surface area contributed by atoms with Gasteiger partial charge in [-0.05, 0) is 0 Å². The normalized spacial score (nSPS) is 10.2. The van der Waals surface area contributed by atoms with Gasteiger partial charge < -0.3 is 0 Å². The lowest BCUT2D eigenvalue weighted by Gasteiger charge is -1.98. The van der Waals surface area contributed by atoms with Crippen molar-refractivity contribution >= 4 is 17.3 Å². The Bertz CT molecular complexity index is 383. The Labute approximate surface area is 74.9 Å². The number of halogens is 4. The van der Waals surface area contributed by atoms with Crippen LogP contribution in [0.3, 0.4) is 0 Å². The highest BCUT2D eigenvalue weighted by molar-refractivity contribution is 6.31. The SMILES string of the molecule is O=[N+]([O-])c1c(F)cc(F)c(Cl)c1F. The van der Waals surface area contributed by atoms with E-state index in [4.69, 9.17) is 11.6 Å². The summed E-state index contributed by atoms with van der Waals surface area (Å²) in [5.41, 5.74) is -1.45. The average molecular weight is 212 g/mol. The van der Waals surface area contributed by atoms with Gasteiger partial charge in [0.05, 0.1) is 4.92 Å². The maximum Gasteiger partial charge on any atom is 0.341 e. The molecule has 0 aliphatic heterocycles. The molecular weight excluding hydrogens is 211 g/mol. The molecule has 1 aromatic rings. The lowest BCUT2D eigenvalue weighted by atomic mass is 10.3. The molecule has 0 unspecified atom stereocenters. The summed E-state index contributed by atoms with van der Waals surface area (Å²) in [4.78, 5) is 8.74. The van der Waals surface area contributed by atoms with Crippen LogP contribution in [0.2, 0.25) is 5.02 Å². The van der Waals surface area contributed by atoms with Crippen LogP contribution in [0.1, 0.15) is 0 Å².